The Morgan fingerprint density at radius 2 is 1.84 bits per heavy atom. The minimum Gasteiger partial charge on any atom is -0.350 e. The summed E-state index contributed by atoms with van der Waals surface area (Å²) in [6.07, 6.45) is 5.05. The summed E-state index contributed by atoms with van der Waals surface area (Å²) in [4.78, 5) is 14.5. The van der Waals surface area contributed by atoms with Crippen LogP contribution in [-0.2, 0) is 4.79 Å². The van der Waals surface area contributed by atoms with Crippen LogP contribution in [0.4, 0.5) is 0 Å². The Morgan fingerprint density at radius 1 is 1.21 bits per heavy atom. The van der Waals surface area contributed by atoms with Crippen LogP contribution in [0, 0.1) is 5.92 Å². The van der Waals surface area contributed by atoms with E-state index in [2.05, 4.69) is 15.5 Å². The van der Waals surface area contributed by atoms with Gasteiger partial charge in [0.1, 0.15) is 0 Å². The Bertz CT molecular complexity index is 301. The Labute approximate surface area is 117 Å². The van der Waals surface area contributed by atoms with Crippen LogP contribution in [0.3, 0.4) is 0 Å². The number of carbonyl (C=O) groups excluding carboxylic acids is 1. The number of piperidine rings is 1. The molecule has 2 N–H and O–H groups in total. The van der Waals surface area contributed by atoms with Gasteiger partial charge in [-0.3, -0.25) is 9.69 Å². The van der Waals surface area contributed by atoms with Crippen LogP contribution in [0.1, 0.15) is 46.5 Å². The largest absolute Gasteiger partial charge is 0.350 e. The molecule has 0 unspecified atom stereocenters. The lowest BCUT2D eigenvalue weighted by Gasteiger charge is -2.30. The summed E-state index contributed by atoms with van der Waals surface area (Å²) < 4.78 is 0. The molecule has 2 rings (SSSR count). The first kappa shape index (κ1) is 14.8. The highest BCUT2D eigenvalue weighted by molar-refractivity contribution is 5.78. The molecule has 0 aromatic heterocycles. The summed E-state index contributed by atoms with van der Waals surface area (Å²) in [5.74, 6) is 0.942. The van der Waals surface area contributed by atoms with Gasteiger partial charge in [-0.05, 0) is 65.5 Å². The first-order chi connectivity index (χ1) is 8.94. The molecule has 0 radical (unpaired) electrons. The van der Waals surface area contributed by atoms with Crippen LogP contribution in [0.2, 0.25) is 0 Å². The number of carbonyl (C=O) groups is 1. The van der Waals surface area contributed by atoms with Crippen molar-refractivity contribution in [2.75, 3.05) is 26.2 Å². The molecule has 1 saturated carbocycles. The highest BCUT2D eigenvalue weighted by Gasteiger charge is 2.32. The van der Waals surface area contributed by atoms with Gasteiger partial charge in [0.2, 0.25) is 5.91 Å². The van der Waals surface area contributed by atoms with Crippen molar-refractivity contribution in [2.45, 2.75) is 58.0 Å². The molecule has 4 heteroatoms. The Kier molecular flexibility index (Phi) is 4.85. The summed E-state index contributed by atoms with van der Waals surface area (Å²) >= 11 is 0. The van der Waals surface area contributed by atoms with Crippen LogP contribution in [0.5, 0.6) is 0 Å². The third-order valence-electron chi connectivity index (χ3n) is 3.88. The molecule has 110 valence electrons. The van der Waals surface area contributed by atoms with Crippen molar-refractivity contribution in [3.8, 4) is 0 Å². The zero-order valence-corrected chi connectivity index (χ0v) is 12.7. The fraction of sp³-hybridized carbons (Fsp3) is 0.933. The van der Waals surface area contributed by atoms with Crippen molar-refractivity contribution >= 4 is 5.91 Å². The molecule has 1 heterocycles. The molecule has 0 atom stereocenters. The molecule has 0 aromatic carbocycles. The lowest BCUT2D eigenvalue weighted by molar-refractivity contribution is -0.124. The second-order valence-electron chi connectivity index (χ2n) is 7.15. The molecule has 1 aliphatic carbocycles. The molecule has 1 amide bonds. The molecule has 19 heavy (non-hydrogen) atoms. The van der Waals surface area contributed by atoms with E-state index < -0.39 is 0 Å². The standard InChI is InChI=1S/C15H29N3O/c1-15(2,3)17-14(19)11-18(13-4-5-13)10-12-6-8-16-9-7-12/h12-13,16H,4-11H2,1-3H3,(H,17,19). The van der Waals surface area contributed by atoms with Crippen molar-refractivity contribution < 1.29 is 4.79 Å². The van der Waals surface area contributed by atoms with E-state index in [1.807, 2.05) is 20.8 Å². The number of rotatable bonds is 5. The Hall–Kier alpha value is -0.610. The van der Waals surface area contributed by atoms with Gasteiger partial charge in [-0.15, -0.1) is 0 Å². The maximum atomic E-state index is 12.1. The molecule has 0 aromatic rings. The summed E-state index contributed by atoms with van der Waals surface area (Å²) in [6, 6.07) is 0.667. The summed E-state index contributed by atoms with van der Waals surface area (Å²) in [6.45, 7) is 10.1. The molecule has 2 aliphatic rings. The molecule has 1 aliphatic heterocycles. The minimum atomic E-state index is -0.124. The molecule has 4 nitrogen and oxygen atoms in total. The van der Waals surface area contributed by atoms with Gasteiger partial charge < -0.3 is 10.6 Å². The van der Waals surface area contributed by atoms with E-state index in [1.165, 1.54) is 25.7 Å². The van der Waals surface area contributed by atoms with E-state index in [4.69, 9.17) is 0 Å². The minimum absolute atomic E-state index is 0.124. The number of nitrogens with one attached hydrogen (secondary N) is 2. The van der Waals surface area contributed by atoms with E-state index in [0.29, 0.717) is 12.6 Å². The first-order valence-electron chi connectivity index (χ1n) is 7.70. The van der Waals surface area contributed by atoms with Gasteiger partial charge in [-0.2, -0.15) is 0 Å². The molecular weight excluding hydrogens is 238 g/mol. The van der Waals surface area contributed by atoms with Crippen LogP contribution in [0.25, 0.3) is 0 Å². The highest BCUT2D eigenvalue weighted by Crippen LogP contribution is 2.28. The van der Waals surface area contributed by atoms with Crippen LogP contribution < -0.4 is 10.6 Å². The molecule has 0 bridgehead atoms. The summed E-state index contributed by atoms with van der Waals surface area (Å²) in [5.41, 5.74) is -0.124. The SMILES string of the molecule is CC(C)(C)NC(=O)CN(CC1CCNCC1)C1CC1. The average Bonchev–Trinajstić information content (AvgIpc) is 3.10. The Morgan fingerprint density at radius 3 is 2.37 bits per heavy atom. The maximum Gasteiger partial charge on any atom is 0.234 e. The second kappa shape index (κ2) is 6.23. The fourth-order valence-corrected chi connectivity index (χ4v) is 2.82. The normalized spacial score (nSPS) is 21.7. The van der Waals surface area contributed by atoms with Crippen molar-refractivity contribution in [1.82, 2.24) is 15.5 Å². The molecule has 0 spiro atoms. The predicted molar refractivity (Wildman–Crippen MR) is 78.1 cm³/mol. The third kappa shape index (κ3) is 5.49. The lowest BCUT2D eigenvalue weighted by Crippen LogP contribution is -2.47. The first-order valence-corrected chi connectivity index (χ1v) is 7.70. The highest BCUT2D eigenvalue weighted by atomic mass is 16.2. The maximum absolute atomic E-state index is 12.1. The number of amides is 1. The van der Waals surface area contributed by atoms with Crippen LogP contribution >= 0.6 is 0 Å². The van der Waals surface area contributed by atoms with E-state index in [9.17, 15) is 4.79 Å². The van der Waals surface area contributed by atoms with Gasteiger partial charge in [0.25, 0.3) is 0 Å². The monoisotopic (exact) mass is 267 g/mol. The van der Waals surface area contributed by atoms with Crippen molar-refractivity contribution in [3.05, 3.63) is 0 Å². The van der Waals surface area contributed by atoms with Crippen molar-refractivity contribution in [2.24, 2.45) is 5.92 Å². The lowest BCUT2D eigenvalue weighted by atomic mass is 9.97. The molecule has 2 fully saturated rings. The van der Waals surface area contributed by atoms with Crippen LogP contribution in [0.15, 0.2) is 0 Å². The summed E-state index contributed by atoms with van der Waals surface area (Å²) in [7, 11) is 0. The zero-order valence-electron chi connectivity index (χ0n) is 12.7. The van der Waals surface area contributed by atoms with E-state index >= 15 is 0 Å². The van der Waals surface area contributed by atoms with Gasteiger partial charge in [0, 0.05) is 18.1 Å². The van der Waals surface area contributed by atoms with Crippen molar-refractivity contribution in [3.63, 3.8) is 0 Å². The second-order valence-corrected chi connectivity index (χ2v) is 7.15. The zero-order chi connectivity index (χ0) is 13.9. The van der Waals surface area contributed by atoms with Gasteiger partial charge in [0.05, 0.1) is 6.54 Å². The van der Waals surface area contributed by atoms with Gasteiger partial charge in [-0.1, -0.05) is 0 Å². The molecular formula is C15H29N3O. The fourth-order valence-electron chi connectivity index (χ4n) is 2.82. The third-order valence-corrected chi connectivity index (χ3v) is 3.88. The number of hydrogen-bond donors (Lipinski definition) is 2. The number of nitrogens with zero attached hydrogens (tertiary/aromatic N) is 1. The van der Waals surface area contributed by atoms with Gasteiger partial charge in [-0.25, -0.2) is 0 Å². The Balaban J connectivity index is 1.80. The average molecular weight is 267 g/mol. The van der Waals surface area contributed by atoms with Crippen LogP contribution in [-0.4, -0.2) is 48.6 Å². The van der Waals surface area contributed by atoms with Gasteiger partial charge >= 0.3 is 0 Å². The quantitative estimate of drug-likeness (QED) is 0.790. The van der Waals surface area contributed by atoms with E-state index in [1.54, 1.807) is 0 Å². The van der Waals surface area contributed by atoms with Gasteiger partial charge in [0.15, 0.2) is 0 Å². The predicted octanol–water partition coefficient (Wildman–Crippen LogP) is 1.37. The molecule has 1 saturated heterocycles. The summed E-state index contributed by atoms with van der Waals surface area (Å²) in [5, 5.41) is 6.48. The number of hydrogen-bond acceptors (Lipinski definition) is 3. The topological polar surface area (TPSA) is 44.4 Å². The van der Waals surface area contributed by atoms with E-state index in [-0.39, 0.29) is 11.4 Å². The van der Waals surface area contributed by atoms with Crippen molar-refractivity contribution in [1.29, 1.82) is 0 Å². The van der Waals surface area contributed by atoms with E-state index in [0.717, 1.165) is 25.6 Å². The smallest absolute Gasteiger partial charge is 0.234 e.